The summed E-state index contributed by atoms with van der Waals surface area (Å²) in [4.78, 5) is 14.4. The molecule has 0 aromatic rings. The molecule has 60 valence electrons. The molecule has 1 heterocycles. The molecule has 11 heavy (non-hydrogen) atoms. The van der Waals surface area contributed by atoms with Crippen LogP contribution in [0.1, 0.15) is 6.92 Å². The second-order valence-corrected chi connectivity index (χ2v) is 2.29. The zero-order valence-corrected chi connectivity index (χ0v) is 6.03. The number of nitrogens with zero attached hydrogens (tertiary/aromatic N) is 1. The van der Waals surface area contributed by atoms with Crippen molar-refractivity contribution in [3.63, 3.8) is 0 Å². The molecule has 5 nitrogen and oxygen atoms in total. The normalized spacial score (nSPS) is 29.1. The van der Waals surface area contributed by atoms with Crippen LogP contribution in [-0.4, -0.2) is 22.5 Å². The molecule has 5 heteroatoms. The maximum Gasteiger partial charge on any atom is 0.350 e. The Kier molecular flexibility index (Phi) is 1.66. The largest absolute Gasteiger partial charge is 0.478 e. The summed E-state index contributed by atoms with van der Waals surface area (Å²) in [5, 5.41) is 11.2. The average Bonchev–Trinajstić information content (AvgIpc) is 1.95. The van der Waals surface area contributed by atoms with E-state index < -0.39 is 11.6 Å². The van der Waals surface area contributed by atoms with Crippen molar-refractivity contribution in [1.29, 1.82) is 0 Å². The van der Waals surface area contributed by atoms with E-state index in [-0.39, 0.29) is 0 Å². The van der Waals surface area contributed by atoms with Gasteiger partial charge in [0.05, 0.1) is 5.71 Å². The van der Waals surface area contributed by atoms with Gasteiger partial charge in [0.25, 0.3) is 0 Å². The molecule has 1 rings (SSSR count). The van der Waals surface area contributed by atoms with Crippen LogP contribution >= 0.6 is 0 Å². The second kappa shape index (κ2) is 2.35. The van der Waals surface area contributed by atoms with Crippen LogP contribution in [0.5, 0.6) is 0 Å². The lowest BCUT2D eigenvalue weighted by atomic mass is 10.1. The van der Waals surface area contributed by atoms with Crippen LogP contribution in [0.3, 0.4) is 0 Å². The maximum atomic E-state index is 10.6. The van der Waals surface area contributed by atoms with Crippen molar-refractivity contribution in [3.05, 3.63) is 12.4 Å². The van der Waals surface area contributed by atoms with Gasteiger partial charge >= 0.3 is 5.97 Å². The van der Waals surface area contributed by atoms with E-state index in [9.17, 15) is 4.79 Å². The highest BCUT2D eigenvalue weighted by atomic mass is 16.4. The first-order valence-corrected chi connectivity index (χ1v) is 3.07. The Morgan fingerprint density at radius 1 is 1.91 bits per heavy atom. The van der Waals surface area contributed by atoms with E-state index in [1.54, 1.807) is 6.92 Å². The molecule has 0 aliphatic carbocycles. The molecule has 0 aromatic heterocycles. The summed E-state index contributed by atoms with van der Waals surface area (Å²) in [6.45, 7) is 1.56. The van der Waals surface area contributed by atoms with Gasteiger partial charge in [-0.25, -0.2) is 4.79 Å². The highest BCUT2D eigenvalue weighted by molar-refractivity contribution is 6.09. The minimum Gasteiger partial charge on any atom is -0.478 e. The van der Waals surface area contributed by atoms with Crippen molar-refractivity contribution in [2.24, 2.45) is 10.7 Å². The Labute approximate surface area is 63.6 Å². The standard InChI is InChI=1S/C6H9N3O2/c1-4-6(7,5(10)11)9-3-2-8-4/h2-3,9H,7H2,1H3,(H,10,11). The number of aliphatic imine (C=N–C) groups is 1. The fourth-order valence-corrected chi connectivity index (χ4v) is 0.741. The van der Waals surface area contributed by atoms with E-state index in [0.717, 1.165) is 0 Å². The third-order valence-corrected chi connectivity index (χ3v) is 1.56. The van der Waals surface area contributed by atoms with Gasteiger partial charge in [-0.2, -0.15) is 0 Å². The lowest BCUT2D eigenvalue weighted by Gasteiger charge is -2.26. The Balaban J connectivity index is 2.97. The molecule has 1 aliphatic heterocycles. The number of hydrogen-bond donors (Lipinski definition) is 3. The second-order valence-electron chi connectivity index (χ2n) is 2.29. The van der Waals surface area contributed by atoms with E-state index in [1.807, 2.05) is 0 Å². The molecule has 0 radical (unpaired) electrons. The number of carbonyl (C=O) groups is 1. The Morgan fingerprint density at radius 2 is 2.55 bits per heavy atom. The van der Waals surface area contributed by atoms with Gasteiger partial charge in [-0.05, 0) is 6.92 Å². The van der Waals surface area contributed by atoms with Crippen LogP contribution in [0.25, 0.3) is 0 Å². The SMILES string of the molecule is CC1=NC=CNC1(N)C(=O)O. The summed E-state index contributed by atoms with van der Waals surface area (Å²) in [5.41, 5.74) is 4.26. The number of rotatable bonds is 1. The van der Waals surface area contributed by atoms with Crippen molar-refractivity contribution in [2.45, 2.75) is 12.6 Å². The van der Waals surface area contributed by atoms with E-state index in [1.165, 1.54) is 12.4 Å². The number of nitrogens with one attached hydrogen (secondary N) is 1. The molecule has 0 amide bonds. The van der Waals surface area contributed by atoms with Gasteiger partial charge in [0.1, 0.15) is 0 Å². The van der Waals surface area contributed by atoms with E-state index >= 15 is 0 Å². The zero-order valence-electron chi connectivity index (χ0n) is 6.03. The van der Waals surface area contributed by atoms with Crippen LogP contribution in [0.2, 0.25) is 0 Å². The number of carboxylic acids is 1. The van der Waals surface area contributed by atoms with E-state index in [0.29, 0.717) is 5.71 Å². The molecule has 0 fully saturated rings. The van der Waals surface area contributed by atoms with Gasteiger partial charge in [0.15, 0.2) is 0 Å². The summed E-state index contributed by atoms with van der Waals surface area (Å²) in [6.07, 6.45) is 2.87. The fourth-order valence-electron chi connectivity index (χ4n) is 0.741. The monoisotopic (exact) mass is 155 g/mol. The smallest absolute Gasteiger partial charge is 0.350 e. The lowest BCUT2D eigenvalue weighted by molar-refractivity contribution is -0.141. The average molecular weight is 155 g/mol. The highest BCUT2D eigenvalue weighted by Gasteiger charge is 2.37. The molecule has 0 spiro atoms. The molecule has 1 aliphatic rings. The third-order valence-electron chi connectivity index (χ3n) is 1.56. The summed E-state index contributed by atoms with van der Waals surface area (Å²) in [7, 11) is 0. The molecular formula is C6H9N3O2. The van der Waals surface area contributed by atoms with Gasteiger partial charge < -0.3 is 10.4 Å². The van der Waals surface area contributed by atoms with Crippen LogP contribution in [0.4, 0.5) is 0 Å². The van der Waals surface area contributed by atoms with Crippen LogP contribution < -0.4 is 11.1 Å². The van der Waals surface area contributed by atoms with Gasteiger partial charge in [0, 0.05) is 12.4 Å². The van der Waals surface area contributed by atoms with Gasteiger partial charge in [-0.1, -0.05) is 0 Å². The van der Waals surface area contributed by atoms with Gasteiger partial charge in [-0.3, -0.25) is 10.7 Å². The van der Waals surface area contributed by atoms with Crippen molar-refractivity contribution in [3.8, 4) is 0 Å². The predicted molar refractivity (Wildman–Crippen MR) is 39.9 cm³/mol. The number of aliphatic carboxylic acids is 1. The predicted octanol–water partition coefficient (Wildman–Crippen LogP) is -0.739. The quantitative estimate of drug-likeness (QED) is 0.465. The van der Waals surface area contributed by atoms with Gasteiger partial charge in [0.2, 0.25) is 5.66 Å². The number of nitrogens with two attached hydrogens (primary N) is 1. The summed E-state index contributed by atoms with van der Waals surface area (Å²) in [6, 6.07) is 0. The summed E-state index contributed by atoms with van der Waals surface area (Å²) in [5.74, 6) is -1.14. The summed E-state index contributed by atoms with van der Waals surface area (Å²) >= 11 is 0. The molecular weight excluding hydrogens is 146 g/mol. The third kappa shape index (κ3) is 1.10. The van der Waals surface area contributed by atoms with Crippen molar-refractivity contribution < 1.29 is 9.90 Å². The Morgan fingerprint density at radius 3 is 2.91 bits per heavy atom. The Hall–Kier alpha value is -1.36. The molecule has 0 aromatic carbocycles. The van der Waals surface area contributed by atoms with E-state index in [2.05, 4.69) is 10.3 Å². The van der Waals surface area contributed by atoms with Crippen LogP contribution in [0.15, 0.2) is 17.4 Å². The fraction of sp³-hybridized carbons (Fsp3) is 0.333. The van der Waals surface area contributed by atoms with Crippen LogP contribution in [-0.2, 0) is 4.79 Å². The molecule has 4 N–H and O–H groups in total. The van der Waals surface area contributed by atoms with Crippen molar-refractivity contribution in [2.75, 3.05) is 0 Å². The minimum absolute atomic E-state index is 0.340. The van der Waals surface area contributed by atoms with E-state index in [4.69, 9.17) is 10.8 Å². The highest BCUT2D eigenvalue weighted by Crippen LogP contribution is 2.04. The minimum atomic E-state index is -1.53. The molecule has 1 atom stereocenters. The first kappa shape index (κ1) is 7.74. The molecule has 0 saturated carbocycles. The first-order valence-electron chi connectivity index (χ1n) is 3.07. The Bertz CT molecular complexity index is 246. The topological polar surface area (TPSA) is 87.7 Å². The summed E-state index contributed by atoms with van der Waals surface area (Å²) < 4.78 is 0. The zero-order chi connectivity index (χ0) is 8.48. The van der Waals surface area contributed by atoms with Crippen molar-refractivity contribution in [1.82, 2.24) is 5.32 Å². The lowest BCUT2D eigenvalue weighted by Crippen LogP contribution is -2.63. The number of hydrogen-bond acceptors (Lipinski definition) is 4. The van der Waals surface area contributed by atoms with Crippen LogP contribution in [0, 0.1) is 0 Å². The van der Waals surface area contributed by atoms with Gasteiger partial charge in [-0.15, -0.1) is 0 Å². The maximum absolute atomic E-state index is 10.6. The first-order chi connectivity index (χ1) is 5.07. The molecule has 0 bridgehead atoms. The molecule has 1 unspecified atom stereocenters. The molecule has 0 saturated heterocycles. The van der Waals surface area contributed by atoms with Crippen molar-refractivity contribution >= 4 is 11.7 Å². The number of carboxylic acid groups (broad SMARTS) is 1.